The third-order valence-corrected chi connectivity index (χ3v) is 5.47. The van der Waals surface area contributed by atoms with Gasteiger partial charge in [0.2, 0.25) is 0 Å². The minimum absolute atomic E-state index is 0.467. The van der Waals surface area contributed by atoms with Crippen LogP contribution in [0.25, 0.3) is 0 Å². The van der Waals surface area contributed by atoms with Crippen LogP contribution in [0.2, 0.25) is 0 Å². The van der Waals surface area contributed by atoms with E-state index in [1.807, 2.05) is 11.8 Å². The molecule has 0 fully saturated rings. The van der Waals surface area contributed by atoms with E-state index < -0.39 is 0 Å². The van der Waals surface area contributed by atoms with Gasteiger partial charge in [0.25, 0.3) is 0 Å². The number of aryl methyl sites for hydroxylation is 1. The molecule has 1 atom stereocenters. The van der Waals surface area contributed by atoms with E-state index >= 15 is 0 Å². The minimum Gasteiger partial charge on any atom is -0.313 e. The zero-order valence-corrected chi connectivity index (χ0v) is 14.9. The molecule has 0 aliphatic heterocycles. The first-order valence-corrected chi connectivity index (χ1v) is 9.36. The van der Waals surface area contributed by atoms with Gasteiger partial charge in [-0.1, -0.05) is 28.9 Å². The molecule has 0 aliphatic rings. The maximum Gasteiger partial charge on any atom is 0.0943 e. The molecule has 0 saturated heterocycles. The molecule has 2 rings (SSSR count). The Bertz CT molecular complexity index is 542. The monoisotopic (exact) mass is 370 g/mol. The Morgan fingerprint density at radius 1 is 1.45 bits per heavy atom. The fraction of sp³-hybridized carbons (Fsp3) is 0.400. The van der Waals surface area contributed by atoms with Crippen LogP contribution in [0.1, 0.15) is 17.6 Å². The summed E-state index contributed by atoms with van der Waals surface area (Å²) in [6.45, 7) is 5.20. The third-order valence-electron chi connectivity index (χ3n) is 2.83. The highest BCUT2D eigenvalue weighted by molar-refractivity contribution is 9.10. The lowest BCUT2D eigenvalue weighted by Gasteiger charge is -2.16. The van der Waals surface area contributed by atoms with Crippen LogP contribution in [-0.4, -0.2) is 23.3 Å². The molecule has 0 saturated carbocycles. The summed E-state index contributed by atoms with van der Waals surface area (Å²) in [7, 11) is 0. The van der Waals surface area contributed by atoms with E-state index in [1.54, 1.807) is 11.3 Å². The van der Waals surface area contributed by atoms with E-state index in [0.29, 0.717) is 6.04 Å². The van der Waals surface area contributed by atoms with Crippen molar-refractivity contribution in [2.45, 2.75) is 31.2 Å². The molecule has 0 amide bonds. The van der Waals surface area contributed by atoms with E-state index in [1.165, 1.54) is 9.90 Å². The first-order chi connectivity index (χ1) is 9.67. The van der Waals surface area contributed by atoms with Crippen LogP contribution in [-0.2, 0) is 6.42 Å². The number of hydrogen-bond acceptors (Lipinski definition) is 4. The first-order valence-electron chi connectivity index (χ1n) is 6.70. The Kier molecular flexibility index (Phi) is 6.55. The quantitative estimate of drug-likeness (QED) is 0.724. The lowest BCUT2D eigenvalue weighted by Crippen LogP contribution is -2.33. The smallest absolute Gasteiger partial charge is 0.0943 e. The highest BCUT2D eigenvalue weighted by Gasteiger charge is 2.11. The number of aromatic nitrogens is 1. The molecule has 5 heteroatoms. The van der Waals surface area contributed by atoms with E-state index in [2.05, 4.69) is 69.7 Å². The fourth-order valence-electron chi connectivity index (χ4n) is 1.94. The lowest BCUT2D eigenvalue weighted by atomic mass is 10.2. The molecule has 1 aromatic heterocycles. The number of nitrogens with zero attached hydrogens (tertiary/aromatic N) is 1. The first kappa shape index (κ1) is 16.0. The van der Waals surface area contributed by atoms with Gasteiger partial charge in [0.05, 0.1) is 5.01 Å². The average Bonchev–Trinajstić information content (AvgIpc) is 2.82. The molecule has 0 spiro atoms. The van der Waals surface area contributed by atoms with E-state index in [-0.39, 0.29) is 0 Å². The summed E-state index contributed by atoms with van der Waals surface area (Å²) in [4.78, 5) is 5.87. The Hall–Kier alpha value is -0.360. The molecule has 20 heavy (non-hydrogen) atoms. The summed E-state index contributed by atoms with van der Waals surface area (Å²) in [6, 6.07) is 8.94. The summed E-state index contributed by atoms with van der Waals surface area (Å²) in [5.74, 6) is 1.06. The standard InChI is InChI=1S/C15H19BrN2S2/c1-3-17-13(8-15-18-11(2)9-20-15)10-19-14-6-4-5-12(16)7-14/h4-7,9,13,17H,3,8,10H2,1-2H3. The summed E-state index contributed by atoms with van der Waals surface area (Å²) in [6.07, 6.45) is 1.01. The molecular formula is C15H19BrN2S2. The molecular weight excluding hydrogens is 352 g/mol. The SMILES string of the molecule is CCNC(CSc1cccc(Br)c1)Cc1nc(C)cs1. The van der Waals surface area contributed by atoms with Gasteiger partial charge in [0.1, 0.15) is 0 Å². The van der Waals surface area contributed by atoms with Crippen molar-refractivity contribution in [2.24, 2.45) is 0 Å². The van der Waals surface area contributed by atoms with Crippen molar-refractivity contribution in [3.63, 3.8) is 0 Å². The number of thioether (sulfide) groups is 1. The Labute approximate surface area is 137 Å². The van der Waals surface area contributed by atoms with Gasteiger partial charge in [-0.05, 0) is 31.7 Å². The largest absolute Gasteiger partial charge is 0.313 e. The molecule has 0 bridgehead atoms. The molecule has 1 N–H and O–H groups in total. The van der Waals surface area contributed by atoms with E-state index in [0.717, 1.165) is 28.9 Å². The second-order valence-corrected chi connectivity index (χ2v) is 7.56. The van der Waals surface area contributed by atoms with Gasteiger partial charge in [0, 0.05) is 38.7 Å². The number of rotatable bonds is 7. The van der Waals surface area contributed by atoms with Gasteiger partial charge in [-0.2, -0.15) is 0 Å². The van der Waals surface area contributed by atoms with Crippen LogP contribution >= 0.6 is 39.0 Å². The molecule has 1 aromatic carbocycles. The maximum atomic E-state index is 4.56. The van der Waals surface area contributed by atoms with Crippen LogP contribution in [0.3, 0.4) is 0 Å². The zero-order chi connectivity index (χ0) is 14.4. The number of halogens is 1. The lowest BCUT2D eigenvalue weighted by molar-refractivity contribution is 0.571. The molecule has 0 radical (unpaired) electrons. The number of likely N-dealkylation sites (N-methyl/N-ethyl adjacent to an activating group) is 1. The highest BCUT2D eigenvalue weighted by Crippen LogP contribution is 2.23. The minimum atomic E-state index is 0.467. The van der Waals surface area contributed by atoms with Crippen LogP contribution in [0.5, 0.6) is 0 Å². The molecule has 1 heterocycles. The Morgan fingerprint density at radius 3 is 2.95 bits per heavy atom. The summed E-state index contributed by atoms with van der Waals surface area (Å²) in [5.41, 5.74) is 1.12. The number of hydrogen-bond donors (Lipinski definition) is 1. The van der Waals surface area contributed by atoms with Gasteiger partial charge in [-0.3, -0.25) is 0 Å². The number of benzene rings is 1. The highest BCUT2D eigenvalue weighted by atomic mass is 79.9. The predicted octanol–water partition coefficient (Wildman–Crippen LogP) is 4.53. The van der Waals surface area contributed by atoms with Crippen molar-refractivity contribution >= 4 is 39.0 Å². The fourth-order valence-corrected chi connectivity index (χ4v) is 4.36. The third kappa shape index (κ3) is 5.20. The molecule has 0 aliphatic carbocycles. The molecule has 108 valence electrons. The van der Waals surface area contributed by atoms with E-state index in [4.69, 9.17) is 0 Å². The molecule has 2 aromatic rings. The predicted molar refractivity (Wildman–Crippen MR) is 92.9 cm³/mol. The van der Waals surface area contributed by atoms with Crippen molar-refractivity contribution < 1.29 is 0 Å². The zero-order valence-electron chi connectivity index (χ0n) is 11.7. The van der Waals surface area contributed by atoms with Crippen molar-refractivity contribution in [3.8, 4) is 0 Å². The van der Waals surface area contributed by atoms with Crippen LogP contribution in [0.15, 0.2) is 39.0 Å². The van der Waals surface area contributed by atoms with Gasteiger partial charge >= 0.3 is 0 Å². The van der Waals surface area contributed by atoms with Gasteiger partial charge in [-0.15, -0.1) is 23.1 Å². The van der Waals surface area contributed by atoms with Crippen molar-refractivity contribution in [1.82, 2.24) is 10.3 Å². The maximum absolute atomic E-state index is 4.56. The second kappa shape index (κ2) is 8.17. The average molecular weight is 371 g/mol. The Balaban J connectivity index is 1.91. The van der Waals surface area contributed by atoms with E-state index in [9.17, 15) is 0 Å². The molecule has 2 nitrogen and oxygen atoms in total. The van der Waals surface area contributed by atoms with Crippen LogP contribution in [0.4, 0.5) is 0 Å². The van der Waals surface area contributed by atoms with Gasteiger partial charge in [0.15, 0.2) is 0 Å². The Morgan fingerprint density at radius 2 is 2.30 bits per heavy atom. The van der Waals surface area contributed by atoms with Gasteiger partial charge in [-0.25, -0.2) is 4.98 Å². The molecule has 1 unspecified atom stereocenters. The summed E-state index contributed by atoms with van der Waals surface area (Å²) < 4.78 is 1.14. The summed E-state index contributed by atoms with van der Waals surface area (Å²) in [5, 5.41) is 6.91. The topological polar surface area (TPSA) is 24.9 Å². The van der Waals surface area contributed by atoms with Gasteiger partial charge < -0.3 is 5.32 Å². The summed E-state index contributed by atoms with van der Waals surface area (Å²) >= 11 is 7.17. The van der Waals surface area contributed by atoms with Crippen molar-refractivity contribution in [1.29, 1.82) is 0 Å². The number of thiazole rings is 1. The van der Waals surface area contributed by atoms with Crippen LogP contribution < -0.4 is 5.32 Å². The number of nitrogens with one attached hydrogen (secondary N) is 1. The van der Waals surface area contributed by atoms with Crippen molar-refractivity contribution in [2.75, 3.05) is 12.3 Å². The normalized spacial score (nSPS) is 12.6. The van der Waals surface area contributed by atoms with Crippen molar-refractivity contribution in [3.05, 3.63) is 44.8 Å². The second-order valence-electron chi connectivity index (χ2n) is 4.61. The van der Waals surface area contributed by atoms with Crippen LogP contribution in [0, 0.1) is 6.92 Å².